The lowest BCUT2D eigenvalue weighted by atomic mass is 9.56. The van der Waals surface area contributed by atoms with Crippen LogP contribution in [0.5, 0.6) is 0 Å². The molecule has 70 heavy (non-hydrogen) atoms. The Morgan fingerprint density at radius 2 is 1.59 bits per heavy atom. The van der Waals surface area contributed by atoms with E-state index < -0.39 is 11.5 Å². The summed E-state index contributed by atoms with van der Waals surface area (Å²) >= 11 is 12.6. The first kappa shape index (κ1) is 53.1. The summed E-state index contributed by atoms with van der Waals surface area (Å²) in [5.74, 6) is -1.20. The van der Waals surface area contributed by atoms with Crippen LogP contribution in [0.1, 0.15) is 162 Å². The van der Waals surface area contributed by atoms with Gasteiger partial charge in [-0.3, -0.25) is 34.2 Å². The number of imide groups is 1. The summed E-state index contributed by atoms with van der Waals surface area (Å²) < 4.78 is 15.5. The van der Waals surface area contributed by atoms with Gasteiger partial charge in [0.25, 0.3) is 5.91 Å². The van der Waals surface area contributed by atoms with Gasteiger partial charge in [-0.2, -0.15) is 0 Å². The maximum Gasteiger partial charge on any atom is 0.255 e. The second-order valence-electron chi connectivity index (χ2n) is 20.7. The maximum absolute atomic E-state index is 15.5. The molecule has 3 heterocycles. The van der Waals surface area contributed by atoms with Crippen molar-refractivity contribution in [2.45, 2.75) is 171 Å². The molecular formula is C55H71Cl2FN6O6. The van der Waals surface area contributed by atoms with Gasteiger partial charge in [0.2, 0.25) is 24.6 Å². The average molecular weight is 1000 g/mol. The zero-order valence-corrected chi connectivity index (χ0v) is 42.8. The van der Waals surface area contributed by atoms with Gasteiger partial charge in [0, 0.05) is 63.1 Å². The average Bonchev–Trinajstić information content (AvgIpc) is 3.78. The van der Waals surface area contributed by atoms with Crippen molar-refractivity contribution in [2.75, 3.05) is 25.5 Å². The van der Waals surface area contributed by atoms with Gasteiger partial charge in [0.05, 0.1) is 5.02 Å². The molecule has 7 aliphatic rings. The fourth-order valence-corrected chi connectivity index (χ4v) is 13.8. The Morgan fingerprint density at radius 3 is 2.23 bits per heavy atom. The number of rotatable bonds is 15. The molecule has 12 nitrogen and oxygen atoms in total. The number of likely N-dealkylation sites (tertiary alicyclic amines) is 1. The number of amides is 5. The van der Waals surface area contributed by atoms with Crippen LogP contribution in [-0.2, 0) is 42.4 Å². The van der Waals surface area contributed by atoms with E-state index in [1.54, 1.807) is 17.0 Å². The minimum Gasteiger partial charge on any atom is -0.353 e. The van der Waals surface area contributed by atoms with E-state index in [2.05, 4.69) is 53.0 Å². The number of aryl methyl sites for hydroxylation is 1. The van der Waals surface area contributed by atoms with Crippen LogP contribution in [0.25, 0.3) is 0 Å². The fourth-order valence-electron chi connectivity index (χ4n) is 13.5. The Kier molecular flexibility index (Phi) is 17.3. The maximum atomic E-state index is 15.5. The quantitative estimate of drug-likeness (QED) is 0.0667. The summed E-state index contributed by atoms with van der Waals surface area (Å²) in [6.07, 6.45) is 19.0. The summed E-state index contributed by atoms with van der Waals surface area (Å²) in [5.41, 5.74) is 4.66. The predicted molar refractivity (Wildman–Crippen MR) is 272 cm³/mol. The summed E-state index contributed by atoms with van der Waals surface area (Å²) in [4.78, 5) is 73.3. The van der Waals surface area contributed by atoms with Crippen molar-refractivity contribution < 1.29 is 33.2 Å². The highest BCUT2D eigenvalue weighted by atomic mass is 35.5. The highest BCUT2D eigenvalue weighted by molar-refractivity contribution is 6.31. The third-order valence-electron chi connectivity index (χ3n) is 17.2. The number of nitrogens with zero attached hydrogens (tertiary/aromatic N) is 2. The lowest BCUT2D eigenvalue weighted by Crippen LogP contribution is -2.57. The Labute approximate surface area is 422 Å². The van der Waals surface area contributed by atoms with Crippen LogP contribution in [0, 0.1) is 11.2 Å². The molecular weight excluding hydrogens is 931 g/mol. The number of fused-ring (bicyclic) bond motifs is 4. The van der Waals surface area contributed by atoms with E-state index in [0.717, 1.165) is 127 Å². The number of piperidine rings is 1. The normalized spacial score (nSPS) is 27.7. The number of carbonyl (C=O) groups is 6. The van der Waals surface area contributed by atoms with Crippen molar-refractivity contribution >= 4 is 65.7 Å². The van der Waals surface area contributed by atoms with Crippen LogP contribution in [-0.4, -0.2) is 89.9 Å². The van der Waals surface area contributed by atoms with Crippen LogP contribution >= 0.6 is 23.2 Å². The molecule has 4 aliphatic carbocycles. The first-order valence-electron chi connectivity index (χ1n) is 25.5. The molecule has 3 aromatic rings. The zero-order valence-electron chi connectivity index (χ0n) is 41.3. The lowest BCUT2D eigenvalue weighted by molar-refractivity contribution is -0.137. The number of carbonyl (C=O) groups excluding carboxylic acids is 6. The van der Waals surface area contributed by atoms with Gasteiger partial charge in [-0.15, -0.1) is 0 Å². The van der Waals surface area contributed by atoms with E-state index in [4.69, 9.17) is 23.2 Å². The van der Waals surface area contributed by atoms with Gasteiger partial charge < -0.3 is 25.6 Å². The highest BCUT2D eigenvalue weighted by Crippen LogP contribution is 2.64. The van der Waals surface area contributed by atoms with Gasteiger partial charge in [-0.25, -0.2) is 4.39 Å². The SMILES string of the molecule is CCN1[C@@H](C)C(c2cccc(Cl)c2F)[C@@](C)(c2ccc(Cl)cc2NC=O)C12CCCCC2.CNCCCCCc1cccc2c1CN(C1CCC(=O)NC1=O)C2=O.O=CNC12CCC(C=O)(CC1)CC2. The van der Waals surface area contributed by atoms with Crippen molar-refractivity contribution in [2.24, 2.45) is 5.41 Å². The Bertz CT molecular complexity index is 2390. The molecule has 0 radical (unpaired) electrons. The molecule has 10 rings (SSSR count). The first-order chi connectivity index (χ1) is 33.7. The van der Waals surface area contributed by atoms with Gasteiger partial charge >= 0.3 is 0 Å². The third-order valence-corrected chi connectivity index (χ3v) is 17.7. The molecule has 4 saturated carbocycles. The number of unbranched alkanes of at least 4 members (excludes halogenated alkanes) is 2. The minimum absolute atomic E-state index is 0.0342. The summed E-state index contributed by atoms with van der Waals surface area (Å²) in [6.45, 7) is 9.02. The molecule has 3 aliphatic heterocycles. The molecule has 5 amide bonds. The Hall–Kier alpha value is -4.69. The van der Waals surface area contributed by atoms with Crippen molar-refractivity contribution in [3.63, 3.8) is 0 Å². The predicted octanol–water partition coefficient (Wildman–Crippen LogP) is 9.57. The topological polar surface area (TPSA) is 157 Å². The molecule has 0 aromatic heterocycles. The van der Waals surface area contributed by atoms with Crippen LogP contribution in [0.4, 0.5) is 10.1 Å². The number of aldehydes is 1. The van der Waals surface area contributed by atoms with Gasteiger partial charge in [-0.05, 0) is 151 Å². The Balaban J connectivity index is 0.000000168. The second-order valence-corrected chi connectivity index (χ2v) is 21.5. The largest absolute Gasteiger partial charge is 0.353 e. The summed E-state index contributed by atoms with van der Waals surface area (Å²) in [5, 5.41) is 12.0. The Morgan fingerprint density at radius 1 is 0.871 bits per heavy atom. The van der Waals surface area contributed by atoms with Crippen molar-refractivity contribution in [3.05, 3.63) is 98.3 Å². The zero-order chi connectivity index (χ0) is 50.3. The number of hydrogen-bond acceptors (Lipinski definition) is 8. The van der Waals surface area contributed by atoms with Crippen molar-refractivity contribution in [3.8, 4) is 0 Å². The van der Waals surface area contributed by atoms with Crippen LogP contribution < -0.4 is 21.3 Å². The van der Waals surface area contributed by atoms with E-state index in [9.17, 15) is 28.8 Å². The van der Waals surface area contributed by atoms with Gasteiger partial charge in [-0.1, -0.05) is 93.1 Å². The lowest BCUT2D eigenvalue weighted by Gasteiger charge is -2.53. The highest BCUT2D eigenvalue weighted by Gasteiger charge is 2.65. The third kappa shape index (κ3) is 10.3. The minimum atomic E-state index is -0.541. The number of benzene rings is 3. The first-order valence-corrected chi connectivity index (χ1v) is 26.2. The number of anilines is 1. The molecule has 2 saturated heterocycles. The fraction of sp³-hybridized carbons (Fsp3) is 0.564. The molecule has 4 N–H and O–H groups in total. The number of halogens is 3. The smallest absolute Gasteiger partial charge is 0.255 e. The molecule has 4 atom stereocenters. The van der Waals surface area contributed by atoms with E-state index >= 15 is 4.39 Å². The molecule has 3 aromatic carbocycles. The molecule has 15 heteroatoms. The molecule has 2 unspecified atom stereocenters. The monoisotopic (exact) mass is 1000 g/mol. The van der Waals surface area contributed by atoms with Crippen LogP contribution in [0.3, 0.4) is 0 Å². The van der Waals surface area contributed by atoms with Crippen LogP contribution in [0.2, 0.25) is 10.0 Å². The molecule has 2 bridgehead atoms. The molecule has 378 valence electrons. The van der Waals surface area contributed by atoms with Crippen LogP contribution in [0.15, 0.2) is 54.6 Å². The van der Waals surface area contributed by atoms with Gasteiger partial charge in [0.1, 0.15) is 18.1 Å². The molecule has 6 fully saturated rings. The standard InChI is InChI=1S/C26H31Cl2FN2O.C19H25N3O3.C10H15NO2/c1-4-31-17(2)23(19-9-8-10-21(28)24(19)29)25(3,26(31)13-6-5-7-14-26)20-12-11-18(27)15-22(20)30-16-32;1-20-11-4-2-3-6-13-7-5-8-14-15(13)12-22(19(14)25)16-9-10-17(23)21-18(16)24;12-7-9-1-4-10(5-2-9,6-3-9)11-8-13/h8-12,15-17,23H,4-7,13-14H2,1-3H3,(H,30,32);5,7-8,16,20H,2-4,6,9-12H2,1H3,(H,21,23,24);7-8H,1-6H2,(H,11,13)/t17-,23?,25+;;/m0../s1. The van der Waals surface area contributed by atoms with Gasteiger partial charge in [0.15, 0.2) is 0 Å². The van der Waals surface area contributed by atoms with Crippen molar-refractivity contribution in [1.82, 2.24) is 25.8 Å². The summed E-state index contributed by atoms with van der Waals surface area (Å²) in [7, 11) is 1.96. The number of hydrogen-bond donors (Lipinski definition) is 4. The van der Waals surface area contributed by atoms with E-state index in [0.29, 0.717) is 41.2 Å². The van der Waals surface area contributed by atoms with E-state index in [1.807, 2.05) is 43.4 Å². The molecule has 1 spiro atoms. The van der Waals surface area contributed by atoms with E-state index in [1.165, 1.54) is 12.0 Å². The number of nitrogens with one attached hydrogen (secondary N) is 4. The van der Waals surface area contributed by atoms with Crippen molar-refractivity contribution in [1.29, 1.82) is 0 Å². The van der Waals surface area contributed by atoms with E-state index in [-0.39, 0.29) is 63.4 Å². The number of likely N-dealkylation sites (N-methyl/N-ethyl adjacent to an activating group) is 1. The second kappa shape index (κ2) is 22.8. The summed E-state index contributed by atoms with van der Waals surface area (Å²) in [6, 6.07) is 16.4.